The molecule has 0 aromatic heterocycles. The number of hydrogen-bond donors (Lipinski definition) is 1. The fourth-order valence-corrected chi connectivity index (χ4v) is 2.37. The third-order valence-electron chi connectivity index (χ3n) is 3.93. The molecule has 0 aliphatic heterocycles. The highest BCUT2D eigenvalue weighted by Crippen LogP contribution is 2.29. The van der Waals surface area contributed by atoms with Crippen molar-refractivity contribution in [3.63, 3.8) is 0 Å². The molecule has 0 fully saturated rings. The number of carbonyl (C=O) groups excluding carboxylic acids is 1. The van der Waals surface area contributed by atoms with Crippen LogP contribution in [0.2, 0.25) is 0 Å². The van der Waals surface area contributed by atoms with Gasteiger partial charge in [-0.3, -0.25) is 4.79 Å². The van der Waals surface area contributed by atoms with Gasteiger partial charge in [0.2, 0.25) is 5.91 Å². The Labute approximate surface area is 131 Å². The van der Waals surface area contributed by atoms with Crippen LogP contribution in [-0.4, -0.2) is 20.1 Å². The standard InChI is InChI=1S/C18H22N2O2/c1-18(2,13-5-7-14(19)8-6-13)17(21)20(3)15-9-11-16(22-4)12-10-15/h5-12H,19H2,1-4H3. The van der Waals surface area contributed by atoms with E-state index >= 15 is 0 Å². The highest BCUT2D eigenvalue weighted by atomic mass is 16.5. The highest BCUT2D eigenvalue weighted by molar-refractivity contribution is 6.00. The first-order valence-electron chi connectivity index (χ1n) is 7.14. The number of nitrogens with zero attached hydrogens (tertiary/aromatic N) is 1. The number of ether oxygens (including phenoxy) is 1. The van der Waals surface area contributed by atoms with E-state index in [0.717, 1.165) is 17.0 Å². The summed E-state index contributed by atoms with van der Waals surface area (Å²) in [6.07, 6.45) is 0. The molecule has 0 heterocycles. The monoisotopic (exact) mass is 298 g/mol. The molecular formula is C18H22N2O2. The molecule has 116 valence electrons. The van der Waals surface area contributed by atoms with Crippen LogP contribution in [0.25, 0.3) is 0 Å². The smallest absolute Gasteiger partial charge is 0.236 e. The van der Waals surface area contributed by atoms with Crippen LogP contribution in [0.5, 0.6) is 5.75 Å². The van der Waals surface area contributed by atoms with Gasteiger partial charge < -0.3 is 15.4 Å². The second-order valence-electron chi connectivity index (χ2n) is 5.81. The summed E-state index contributed by atoms with van der Waals surface area (Å²) in [5.41, 5.74) is 7.54. The number of rotatable bonds is 4. The molecule has 0 bridgehead atoms. The van der Waals surface area contributed by atoms with E-state index in [4.69, 9.17) is 10.5 Å². The lowest BCUT2D eigenvalue weighted by atomic mass is 9.83. The summed E-state index contributed by atoms with van der Waals surface area (Å²) in [5.74, 6) is 0.782. The lowest BCUT2D eigenvalue weighted by Gasteiger charge is -2.30. The van der Waals surface area contributed by atoms with Crippen LogP contribution in [0.1, 0.15) is 19.4 Å². The van der Waals surface area contributed by atoms with Crippen LogP contribution < -0.4 is 15.4 Å². The SMILES string of the molecule is COc1ccc(N(C)C(=O)C(C)(C)c2ccc(N)cc2)cc1. The van der Waals surface area contributed by atoms with Crippen molar-refractivity contribution in [3.8, 4) is 5.75 Å². The molecule has 0 saturated carbocycles. The Hall–Kier alpha value is -2.49. The van der Waals surface area contributed by atoms with Gasteiger partial charge in [0.1, 0.15) is 5.75 Å². The largest absolute Gasteiger partial charge is 0.497 e. The van der Waals surface area contributed by atoms with Crippen LogP contribution in [0.3, 0.4) is 0 Å². The fourth-order valence-electron chi connectivity index (χ4n) is 2.37. The molecule has 0 aliphatic rings. The van der Waals surface area contributed by atoms with E-state index in [9.17, 15) is 4.79 Å². The van der Waals surface area contributed by atoms with Crippen molar-refractivity contribution in [3.05, 3.63) is 54.1 Å². The van der Waals surface area contributed by atoms with E-state index < -0.39 is 5.41 Å². The average Bonchev–Trinajstić information content (AvgIpc) is 2.54. The van der Waals surface area contributed by atoms with E-state index in [1.807, 2.05) is 62.4 Å². The first-order valence-corrected chi connectivity index (χ1v) is 7.14. The maximum absolute atomic E-state index is 12.9. The molecule has 0 atom stereocenters. The molecule has 0 unspecified atom stereocenters. The Morgan fingerprint density at radius 1 is 1.05 bits per heavy atom. The first-order chi connectivity index (χ1) is 10.4. The lowest BCUT2D eigenvalue weighted by molar-refractivity contribution is -0.122. The maximum atomic E-state index is 12.9. The minimum Gasteiger partial charge on any atom is -0.497 e. The molecule has 2 aromatic carbocycles. The molecule has 2 aromatic rings. The number of carbonyl (C=O) groups is 1. The normalized spacial score (nSPS) is 11.1. The van der Waals surface area contributed by atoms with Crippen molar-refractivity contribution in [1.82, 2.24) is 0 Å². The van der Waals surface area contributed by atoms with Crippen LogP contribution in [0, 0.1) is 0 Å². The van der Waals surface area contributed by atoms with Gasteiger partial charge in [0, 0.05) is 18.4 Å². The molecule has 0 spiro atoms. The van der Waals surface area contributed by atoms with Crippen molar-refractivity contribution in [2.45, 2.75) is 19.3 Å². The number of likely N-dealkylation sites (N-methyl/N-ethyl adjacent to an activating group) is 1. The number of hydrogen-bond acceptors (Lipinski definition) is 3. The van der Waals surface area contributed by atoms with Crippen molar-refractivity contribution < 1.29 is 9.53 Å². The number of amides is 1. The van der Waals surface area contributed by atoms with Gasteiger partial charge in [0.05, 0.1) is 12.5 Å². The molecule has 1 amide bonds. The Balaban J connectivity index is 2.26. The molecule has 4 heteroatoms. The molecule has 0 aliphatic carbocycles. The third-order valence-corrected chi connectivity index (χ3v) is 3.93. The quantitative estimate of drug-likeness (QED) is 0.882. The van der Waals surface area contributed by atoms with E-state index in [1.165, 1.54) is 0 Å². The molecule has 2 rings (SSSR count). The van der Waals surface area contributed by atoms with Crippen molar-refractivity contribution in [1.29, 1.82) is 0 Å². The van der Waals surface area contributed by atoms with Crippen LogP contribution in [0.15, 0.2) is 48.5 Å². The first kappa shape index (κ1) is 15.9. The molecule has 4 nitrogen and oxygen atoms in total. The Kier molecular flexibility index (Phi) is 4.40. The fraction of sp³-hybridized carbons (Fsp3) is 0.278. The zero-order valence-corrected chi connectivity index (χ0v) is 13.5. The average molecular weight is 298 g/mol. The number of benzene rings is 2. The zero-order valence-electron chi connectivity index (χ0n) is 13.5. The Morgan fingerprint density at radius 2 is 1.59 bits per heavy atom. The van der Waals surface area contributed by atoms with Gasteiger partial charge in [0.15, 0.2) is 0 Å². The second kappa shape index (κ2) is 6.10. The summed E-state index contributed by atoms with van der Waals surface area (Å²) < 4.78 is 5.14. The number of nitrogen functional groups attached to an aromatic ring is 1. The second-order valence-corrected chi connectivity index (χ2v) is 5.81. The van der Waals surface area contributed by atoms with Gasteiger partial charge in [0.25, 0.3) is 0 Å². The summed E-state index contributed by atoms with van der Waals surface area (Å²) in [6, 6.07) is 14.9. The Bertz CT molecular complexity index is 646. The molecule has 2 N–H and O–H groups in total. The summed E-state index contributed by atoms with van der Waals surface area (Å²) in [6.45, 7) is 3.84. The topological polar surface area (TPSA) is 55.6 Å². The van der Waals surface area contributed by atoms with Crippen LogP contribution >= 0.6 is 0 Å². The van der Waals surface area contributed by atoms with Crippen molar-refractivity contribution >= 4 is 17.3 Å². The zero-order chi connectivity index (χ0) is 16.3. The van der Waals surface area contributed by atoms with Crippen LogP contribution in [0.4, 0.5) is 11.4 Å². The van der Waals surface area contributed by atoms with Crippen LogP contribution in [-0.2, 0) is 10.2 Å². The third kappa shape index (κ3) is 3.06. The van der Waals surface area contributed by atoms with E-state index in [2.05, 4.69) is 0 Å². The molecule has 22 heavy (non-hydrogen) atoms. The van der Waals surface area contributed by atoms with Gasteiger partial charge in [-0.2, -0.15) is 0 Å². The maximum Gasteiger partial charge on any atom is 0.236 e. The minimum atomic E-state index is -0.637. The van der Waals surface area contributed by atoms with Gasteiger partial charge in [-0.25, -0.2) is 0 Å². The van der Waals surface area contributed by atoms with Gasteiger partial charge >= 0.3 is 0 Å². The number of nitrogens with two attached hydrogens (primary N) is 1. The van der Waals surface area contributed by atoms with E-state index in [1.54, 1.807) is 19.1 Å². The number of methoxy groups -OCH3 is 1. The predicted molar refractivity (Wildman–Crippen MR) is 90.3 cm³/mol. The number of anilines is 2. The summed E-state index contributed by atoms with van der Waals surface area (Å²) in [4.78, 5) is 14.5. The predicted octanol–water partition coefficient (Wildman–Crippen LogP) is 3.22. The van der Waals surface area contributed by atoms with Gasteiger partial charge in [-0.15, -0.1) is 0 Å². The Morgan fingerprint density at radius 3 is 2.09 bits per heavy atom. The summed E-state index contributed by atoms with van der Waals surface area (Å²) in [5, 5.41) is 0. The molecule has 0 radical (unpaired) electrons. The van der Waals surface area contributed by atoms with E-state index in [0.29, 0.717) is 5.69 Å². The van der Waals surface area contributed by atoms with Gasteiger partial charge in [-0.05, 0) is 55.8 Å². The molecule has 0 saturated heterocycles. The van der Waals surface area contributed by atoms with E-state index in [-0.39, 0.29) is 5.91 Å². The lowest BCUT2D eigenvalue weighted by Crippen LogP contribution is -2.41. The summed E-state index contributed by atoms with van der Waals surface area (Å²) in [7, 11) is 3.40. The minimum absolute atomic E-state index is 0.0161. The molecular weight excluding hydrogens is 276 g/mol. The highest BCUT2D eigenvalue weighted by Gasteiger charge is 2.32. The summed E-state index contributed by atoms with van der Waals surface area (Å²) >= 11 is 0. The van der Waals surface area contributed by atoms with Crippen molar-refractivity contribution in [2.75, 3.05) is 24.8 Å². The van der Waals surface area contributed by atoms with Gasteiger partial charge in [-0.1, -0.05) is 12.1 Å². The van der Waals surface area contributed by atoms with Crippen molar-refractivity contribution in [2.24, 2.45) is 0 Å².